The van der Waals surface area contributed by atoms with Crippen molar-refractivity contribution in [3.8, 4) is 0 Å². The van der Waals surface area contributed by atoms with Crippen LogP contribution in [0.25, 0.3) is 0 Å². The van der Waals surface area contributed by atoms with E-state index in [4.69, 9.17) is 5.73 Å². The minimum atomic E-state index is -0.849. The van der Waals surface area contributed by atoms with Gasteiger partial charge in [-0.05, 0) is 25.5 Å². The Morgan fingerprint density at radius 1 is 1.47 bits per heavy atom. The van der Waals surface area contributed by atoms with Crippen LogP contribution in [0.1, 0.15) is 13.3 Å². The quantitative estimate of drug-likeness (QED) is 0.759. The molecule has 0 amide bonds. The Morgan fingerprint density at radius 2 is 2.13 bits per heavy atom. The normalized spacial score (nSPS) is 14.9. The van der Waals surface area contributed by atoms with E-state index in [1.165, 1.54) is 17.8 Å². The molecule has 3 N–H and O–H groups in total. The number of hydrogen-bond acceptors (Lipinski definition) is 3. The van der Waals surface area contributed by atoms with Crippen LogP contribution in [0.2, 0.25) is 0 Å². The smallest absolute Gasteiger partial charge is 0.136 e. The zero-order valence-electron chi connectivity index (χ0n) is 8.74. The topological polar surface area (TPSA) is 46.2 Å². The van der Waals surface area contributed by atoms with Gasteiger partial charge in [0.2, 0.25) is 0 Å². The fraction of sp³-hybridized carbons (Fsp3) is 0.455. The average Bonchev–Trinajstić information content (AvgIpc) is 2.21. The van der Waals surface area contributed by atoms with Crippen LogP contribution in [-0.4, -0.2) is 23.0 Å². The van der Waals surface area contributed by atoms with Gasteiger partial charge in [-0.25, -0.2) is 4.39 Å². The van der Waals surface area contributed by atoms with Crippen molar-refractivity contribution in [1.82, 2.24) is 0 Å². The van der Waals surface area contributed by atoms with Gasteiger partial charge in [0.1, 0.15) is 5.82 Å². The van der Waals surface area contributed by atoms with Crippen molar-refractivity contribution >= 4 is 11.8 Å². The van der Waals surface area contributed by atoms with E-state index in [2.05, 4.69) is 0 Å². The largest absolute Gasteiger partial charge is 0.389 e. The van der Waals surface area contributed by atoms with Crippen molar-refractivity contribution in [3.63, 3.8) is 0 Å². The molecule has 0 saturated heterocycles. The van der Waals surface area contributed by atoms with E-state index < -0.39 is 5.60 Å². The zero-order valence-corrected chi connectivity index (χ0v) is 9.56. The van der Waals surface area contributed by atoms with E-state index in [1.807, 2.05) is 0 Å². The minimum absolute atomic E-state index is 0.213. The summed E-state index contributed by atoms with van der Waals surface area (Å²) in [4.78, 5) is 0.616. The molecule has 0 aliphatic carbocycles. The number of halogens is 1. The molecule has 15 heavy (non-hydrogen) atoms. The van der Waals surface area contributed by atoms with Gasteiger partial charge in [-0.3, -0.25) is 0 Å². The van der Waals surface area contributed by atoms with Gasteiger partial charge in [0.25, 0.3) is 0 Å². The van der Waals surface area contributed by atoms with Gasteiger partial charge in [0.15, 0.2) is 0 Å². The van der Waals surface area contributed by atoms with Crippen molar-refractivity contribution in [2.45, 2.75) is 23.8 Å². The number of aliphatic hydroxyl groups is 1. The van der Waals surface area contributed by atoms with Gasteiger partial charge < -0.3 is 10.8 Å². The van der Waals surface area contributed by atoms with E-state index >= 15 is 0 Å². The maximum atomic E-state index is 13.2. The van der Waals surface area contributed by atoms with Gasteiger partial charge in [-0.1, -0.05) is 12.1 Å². The molecule has 0 heterocycles. The third-order valence-corrected chi connectivity index (χ3v) is 3.22. The lowest BCUT2D eigenvalue weighted by Crippen LogP contribution is -2.34. The lowest BCUT2D eigenvalue weighted by atomic mass is 10.1. The summed E-state index contributed by atoms with van der Waals surface area (Å²) in [5, 5.41) is 9.64. The fourth-order valence-corrected chi connectivity index (χ4v) is 2.19. The summed E-state index contributed by atoms with van der Waals surface area (Å²) in [6.07, 6.45) is 0.558. The number of rotatable bonds is 5. The third-order valence-electron chi connectivity index (χ3n) is 2.17. The van der Waals surface area contributed by atoms with Crippen molar-refractivity contribution in [1.29, 1.82) is 0 Å². The summed E-state index contributed by atoms with van der Waals surface area (Å²) in [6.45, 7) is 1.92. The van der Waals surface area contributed by atoms with Crippen LogP contribution in [0.4, 0.5) is 4.39 Å². The summed E-state index contributed by atoms with van der Waals surface area (Å²) in [7, 11) is 0. The predicted octanol–water partition coefficient (Wildman–Crippen LogP) is 2.02. The molecule has 1 atom stereocenters. The van der Waals surface area contributed by atoms with Crippen molar-refractivity contribution < 1.29 is 9.50 Å². The second-order valence-corrected chi connectivity index (χ2v) is 4.87. The van der Waals surface area contributed by atoms with Crippen LogP contribution in [0, 0.1) is 5.82 Å². The van der Waals surface area contributed by atoms with Crippen LogP contribution in [0.5, 0.6) is 0 Å². The average molecular weight is 229 g/mol. The Balaban J connectivity index is 2.42. The van der Waals surface area contributed by atoms with Gasteiger partial charge >= 0.3 is 0 Å². The summed E-state index contributed by atoms with van der Waals surface area (Å²) in [5.74, 6) is 0.445. The molecule has 0 aromatic heterocycles. The Kier molecular flexibility index (Phi) is 4.57. The van der Waals surface area contributed by atoms with Gasteiger partial charge in [0, 0.05) is 17.2 Å². The van der Waals surface area contributed by atoms with Crippen LogP contribution in [-0.2, 0) is 0 Å². The molecular weight excluding hydrogens is 213 g/mol. The van der Waals surface area contributed by atoms with E-state index in [1.54, 1.807) is 25.1 Å². The molecular formula is C11H16FNOS. The molecule has 0 spiro atoms. The lowest BCUT2D eigenvalue weighted by Gasteiger charge is -2.20. The number of hydrogen-bond donors (Lipinski definition) is 2. The summed E-state index contributed by atoms with van der Waals surface area (Å²) < 4.78 is 13.2. The number of thioether (sulfide) groups is 1. The van der Waals surface area contributed by atoms with E-state index in [0.29, 0.717) is 17.1 Å². The SMILES string of the molecule is CC(O)(CN)CCSc1ccccc1F. The molecule has 1 aromatic rings. The van der Waals surface area contributed by atoms with E-state index in [0.717, 1.165) is 0 Å². The highest BCUT2D eigenvalue weighted by Gasteiger charge is 2.17. The highest BCUT2D eigenvalue weighted by atomic mass is 32.2. The molecule has 1 aromatic carbocycles. The molecule has 2 nitrogen and oxygen atoms in total. The molecule has 0 aliphatic heterocycles. The molecule has 1 unspecified atom stereocenters. The Labute approximate surface area is 93.7 Å². The van der Waals surface area contributed by atoms with Crippen LogP contribution in [0.15, 0.2) is 29.2 Å². The Bertz CT molecular complexity index is 317. The second kappa shape index (κ2) is 5.49. The van der Waals surface area contributed by atoms with Crippen LogP contribution >= 0.6 is 11.8 Å². The minimum Gasteiger partial charge on any atom is -0.389 e. The summed E-state index contributed by atoms with van der Waals surface area (Å²) in [6, 6.07) is 6.63. The van der Waals surface area contributed by atoms with Gasteiger partial charge in [0.05, 0.1) is 5.60 Å². The van der Waals surface area contributed by atoms with Crippen molar-refractivity contribution in [2.24, 2.45) is 5.73 Å². The summed E-state index contributed by atoms with van der Waals surface area (Å²) in [5.41, 5.74) is 4.53. The molecule has 0 saturated carbocycles. The molecule has 1 rings (SSSR count). The second-order valence-electron chi connectivity index (χ2n) is 3.73. The molecule has 4 heteroatoms. The molecule has 0 fully saturated rings. The van der Waals surface area contributed by atoms with Crippen LogP contribution in [0.3, 0.4) is 0 Å². The highest BCUT2D eigenvalue weighted by molar-refractivity contribution is 7.99. The Morgan fingerprint density at radius 3 is 2.73 bits per heavy atom. The Hall–Kier alpha value is -0.580. The molecule has 84 valence electrons. The van der Waals surface area contributed by atoms with Crippen molar-refractivity contribution in [2.75, 3.05) is 12.3 Å². The zero-order chi connectivity index (χ0) is 11.3. The summed E-state index contributed by atoms with van der Waals surface area (Å²) >= 11 is 1.40. The maximum Gasteiger partial charge on any atom is 0.136 e. The predicted molar refractivity (Wildman–Crippen MR) is 61.4 cm³/mol. The number of benzene rings is 1. The molecule has 0 bridgehead atoms. The first kappa shape index (κ1) is 12.5. The van der Waals surface area contributed by atoms with Crippen LogP contribution < -0.4 is 5.73 Å². The third kappa shape index (κ3) is 4.20. The molecule has 0 aliphatic rings. The first-order valence-corrected chi connectivity index (χ1v) is 5.83. The van der Waals surface area contributed by atoms with E-state index in [9.17, 15) is 9.50 Å². The highest BCUT2D eigenvalue weighted by Crippen LogP contribution is 2.23. The standard InChI is InChI=1S/C11H16FNOS/c1-11(14,8-13)6-7-15-10-5-3-2-4-9(10)12/h2-5,14H,6-8,13H2,1H3. The lowest BCUT2D eigenvalue weighted by molar-refractivity contribution is 0.0665. The monoisotopic (exact) mass is 229 g/mol. The van der Waals surface area contributed by atoms with Gasteiger partial charge in [-0.15, -0.1) is 11.8 Å². The first-order chi connectivity index (χ1) is 7.05. The van der Waals surface area contributed by atoms with Gasteiger partial charge in [-0.2, -0.15) is 0 Å². The molecule has 0 radical (unpaired) electrons. The maximum absolute atomic E-state index is 13.2. The van der Waals surface area contributed by atoms with Crippen molar-refractivity contribution in [3.05, 3.63) is 30.1 Å². The fourth-order valence-electron chi connectivity index (χ4n) is 1.04. The number of nitrogens with two attached hydrogens (primary N) is 1. The first-order valence-electron chi connectivity index (χ1n) is 4.85. The van der Waals surface area contributed by atoms with E-state index in [-0.39, 0.29) is 12.4 Å².